The third kappa shape index (κ3) is 8.98. The van der Waals surface area contributed by atoms with E-state index in [4.69, 9.17) is 5.11 Å². The zero-order chi connectivity index (χ0) is 4.28. The average Bonchev–Trinajstić information content (AvgIpc) is 1.38. The van der Waals surface area contributed by atoms with Crippen LogP contribution in [-0.2, 0) is 4.79 Å². The standard InChI is InChI=1S/C2H5NO2.Li.H/c3-1-2(4)5;;/h1,3H2,(H,4,5);;. The predicted molar refractivity (Wildman–Crippen MR) is 23.8 cm³/mol. The van der Waals surface area contributed by atoms with Crippen molar-refractivity contribution in [1.82, 2.24) is 0 Å². The number of carbonyl (C=O) groups is 1. The molecular formula is C2H6LiNO2. The molecule has 0 unspecified atom stereocenters. The van der Waals surface area contributed by atoms with Crippen molar-refractivity contribution in [2.75, 3.05) is 6.54 Å². The molecule has 0 amide bonds. The van der Waals surface area contributed by atoms with Crippen LogP contribution in [0.3, 0.4) is 0 Å². The van der Waals surface area contributed by atoms with Crippen molar-refractivity contribution >= 4 is 24.8 Å². The predicted octanol–water partition coefficient (Wildman–Crippen LogP) is -1.62. The monoisotopic (exact) mass is 83.1 g/mol. The van der Waals surface area contributed by atoms with Crippen LogP contribution in [0.15, 0.2) is 0 Å². The number of carboxylic acid groups (broad SMARTS) is 1. The summed E-state index contributed by atoms with van der Waals surface area (Å²) in [5.41, 5.74) is 4.57. The molecule has 0 aromatic rings. The Bertz CT molecular complexity index is 46.8. The van der Waals surface area contributed by atoms with Gasteiger partial charge in [-0.05, 0) is 0 Å². The van der Waals surface area contributed by atoms with E-state index in [1.54, 1.807) is 0 Å². The minimum atomic E-state index is -0.968. The molecule has 0 radical (unpaired) electrons. The topological polar surface area (TPSA) is 63.3 Å². The summed E-state index contributed by atoms with van der Waals surface area (Å²) >= 11 is 0. The van der Waals surface area contributed by atoms with Crippen molar-refractivity contribution in [1.29, 1.82) is 0 Å². The van der Waals surface area contributed by atoms with E-state index < -0.39 is 5.97 Å². The Morgan fingerprint density at radius 3 is 2.00 bits per heavy atom. The van der Waals surface area contributed by atoms with Gasteiger partial charge in [-0.25, -0.2) is 0 Å². The zero-order valence-corrected chi connectivity index (χ0v) is 2.64. The van der Waals surface area contributed by atoms with Crippen molar-refractivity contribution in [3.8, 4) is 0 Å². The van der Waals surface area contributed by atoms with Crippen molar-refractivity contribution in [2.24, 2.45) is 5.73 Å². The van der Waals surface area contributed by atoms with Crippen molar-refractivity contribution in [3.63, 3.8) is 0 Å². The number of hydrogen-bond donors (Lipinski definition) is 2. The molecule has 0 spiro atoms. The molecule has 0 aliphatic rings. The third-order valence-electron chi connectivity index (χ3n) is 0.175. The first-order valence-electron chi connectivity index (χ1n) is 1.19. The Hall–Kier alpha value is 0.0274. The van der Waals surface area contributed by atoms with Gasteiger partial charge in [0.25, 0.3) is 0 Å². The van der Waals surface area contributed by atoms with Crippen molar-refractivity contribution < 1.29 is 9.90 Å². The van der Waals surface area contributed by atoms with Crippen LogP contribution in [0.2, 0.25) is 0 Å². The van der Waals surface area contributed by atoms with Crippen LogP contribution >= 0.6 is 0 Å². The summed E-state index contributed by atoms with van der Waals surface area (Å²) in [5, 5.41) is 7.60. The quantitative estimate of drug-likeness (QED) is 0.374. The second-order valence-corrected chi connectivity index (χ2v) is 0.598. The maximum atomic E-state index is 9.24. The van der Waals surface area contributed by atoms with Gasteiger partial charge in [0.2, 0.25) is 0 Å². The molecule has 0 atom stereocenters. The Morgan fingerprint density at radius 1 is 1.83 bits per heavy atom. The molecule has 0 heterocycles. The fraction of sp³-hybridized carbons (Fsp3) is 0.500. The van der Waals surface area contributed by atoms with Gasteiger partial charge in [0, 0.05) is 0 Å². The van der Waals surface area contributed by atoms with E-state index >= 15 is 0 Å². The molecule has 0 fully saturated rings. The SMILES string of the molecule is NCC(=O)O.[LiH]. The molecule has 6 heavy (non-hydrogen) atoms. The van der Waals surface area contributed by atoms with E-state index in [1.165, 1.54) is 0 Å². The van der Waals surface area contributed by atoms with Crippen LogP contribution in [0.1, 0.15) is 0 Å². The van der Waals surface area contributed by atoms with Gasteiger partial charge in [0.15, 0.2) is 0 Å². The average molecular weight is 83.0 g/mol. The number of rotatable bonds is 1. The maximum absolute atomic E-state index is 9.24. The van der Waals surface area contributed by atoms with Crippen molar-refractivity contribution in [2.45, 2.75) is 0 Å². The molecule has 3 N–H and O–H groups in total. The van der Waals surface area contributed by atoms with Crippen LogP contribution in [0, 0.1) is 0 Å². The molecule has 0 aliphatic heterocycles. The fourth-order valence-electron chi connectivity index (χ4n) is 0. The molecule has 4 heteroatoms. The first-order valence-corrected chi connectivity index (χ1v) is 1.19. The molecule has 32 valence electrons. The summed E-state index contributed by atoms with van der Waals surface area (Å²) in [7, 11) is 0. The van der Waals surface area contributed by atoms with Crippen LogP contribution in [0.5, 0.6) is 0 Å². The second kappa shape index (κ2) is 5.03. The first-order chi connectivity index (χ1) is 2.27. The number of carboxylic acids is 1. The van der Waals surface area contributed by atoms with Gasteiger partial charge in [-0.2, -0.15) is 0 Å². The van der Waals surface area contributed by atoms with Gasteiger partial charge in [-0.1, -0.05) is 0 Å². The molecule has 3 nitrogen and oxygen atoms in total. The molecule has 0 aromatic carbocycles. The van der Waals surface area contributed by atoms with Gasteiger partial charge in [0.05, 0.1) is 6.54 Å². The molecule has 0 aromatic heterocycles. The second-order valence-electron chi connectivity index (χ2n) is 0.598. The molecule has 0 rings (SSSR count). The van der Waals surface area contributed by atoms with Gasteiger partial charge in [-0.15, -0.1) is 0 Å². The van der Waals surface area contributed by atoms with E-state index in [1.807, 2.05) is 0 Å². The normalized spacial score (nSPS) is 6.17. The Kier molecular flexibility index (Phi) is 7.87. The molecule has 0 aliphatic carbocycles. The summed E-state index contributed by atoms with van der Waals surface area (Å²) in [4.78, 5) is 9.24. The molecular weight excluding hydrogens is 77.0 g/mol. The van der Waals surface area contributed by atoms with Crippen LogP contribution in [-0.4, -0.2) is 36.5 Å². The van der Waals surface area contributed by atoms with E-state index in [0.717, 1.165) is 0 Å². The Labute approximate surface area is 47.7 Å². The van der Waals surface area contributed by atoms with Gasteiger partial charge < -0.3 is 10.8 Å². The van der Waals surface area contributed by atoms with Crippen molar-refractivity contribution in [3.05, 3.63) is 0 Å². The Balaban J connectivity index is 0. The molecule has 0 bridgehead atoms. The van der Waals surface area contributed by atoms with E-state index in [-0.39, 0.29) is 25.4 Å². The summed E-state index contributed by atoms with van der Waals surface area (Å²) in [6, 6.07) is 0. The van der Waals surface area contributed by atoms with Crippen LogP contribution < -0.4 is 5.73 Å². The van der Waals surface area contributed by atoms with E-state index in [9.17, 15) is 4.79 Å². The zero-order valence-electron chi connectivity index (χ0n) is 2.64. The number of aliphatic carboxylic acids is 1. The fourth-order valence-corrected chi connectivity index (χ4v) is 0. The van der Waals surface area contributed by atoms with Gasteiger partial charge in [0.1, 0.15) is 0 Å². The molecule has 0 saturated carbocycles. The third-order valence-corrected chi connectivity index (χ3v) is 0.175. The van der Waals surface area contributed by atoms with Crippen LogP contribution in [0.4, 0.5) is 0 Å². The summed E-state index contributed by atoms with van der Waals surface area (Å²) < 4.78 is 0. The summed E-state index contributed by atoms with van der Waals surface area (Å²) in [6.45, 7) is -0.278. The number of nitrogens with two attached hydrogens (primary N) is 1. The summed E-state index contributed by atoms with van der Waals surface area (Å²) in [5.74, 6) is -0.968. The molecule has 0 saturated heterocycles. The number of hydrogen-bond acceptors (Lipinski definition) is 2. The first kappa shape index (κ1) is 9.39. The minimum absolute atomic E-state index is 0. The van der Waals surface area contributed by atoms with Gasteiger partial charge >= 0.3 is 24.8 Å². The van der Waals surface area contributed by atoms with E-state index in [2.05, 4.69) is 5.73 Å². The summed E-state index contributed by atoms with van der Waals surface area (Å²) in [6.07, 6.45) is 0. The van der Waals surface area contributed by atoms with E-state index in [0.29, 0.717) is 0 Å². The Morgan fingerprint density at radius 2 is 2.00 bits per heavy atom. The van der Waals surface area contributed by atoms with Gasteiger partial charge in [-0.3, -0.25) is 4.79 Å². The van der Waals surface area contributed by atoms with Crippen LogP contribution in [0.25, 0.3) is 0 Å².